The first kappa shape index (κ1) is 29.4. The maximum atomic E-state index is 13.1. The quantitative estimate of drug-likeness (QED) is 0.0948. The lowest BCUT2D eigenvalue weighted by Gasteiger charge is -2.12. The molecule has 9 nitrogen and oxygen atoms in total. The van der Waals surface area contributed by atoms with E-state index in [0.29, 0.717) is 28.1 Å². The average molecular weight is 561 g/mol. The normalized spacial score (nSPS) is 11.6. The molecule has 9 heteroatoms. The summed E-state index contributed by atoms with van der Waals surface area (Å²) in [6, 6.07) is 26.6. The van der Waals surface area contributed by atoms with Crippen LogP contribution >= 0.6 is 0 Å². The number of hydrogen-bond donors (Lipinski definition) is 3. The van der Waals surface area contributed by atoms with Gasteiger partial charge in [-0.3, -0.25) is 9.59 Å². The zero-order valence-electron chi connectivity index (χ0n) is 23.9. The minimum atomic E-state index is -0.641. The SMILES string of the molecule is Cc1ccc(N=Nc2ccc(O)c(C=NNC(=O)C(=Cc3ccc(N(C)C)cc3)NC(=O)c3ccccc3)c2)cc1C. The van der Waals surface area contributed by atoms with Gasteiger partial charge in [0.05, 0.1) is 17.6 Å². The van der Waals surface area contributed by atoms with E-state index < -0.39 is 11.8 Å². The van der Waals surface area contributed by atoms with Gasteiger partial charge in [0.15, 0.2) is 0 Å². The van der Waals surface area contributed by atoms with Crippen molar-refractivity contribution in [2.45, 2.75) is 13.8 Å². The molecule has 0 spiro atoms. The number of phenols is 1. The molecule has 212 valence electrons. The number of hydrazone groups is 1. The number of phenolic OH excluding ortho intramolecular Hbond substituents is 1. The average Bonchev–Trinajstić information content (AvgIpc) is 2.99. The van der Waals surface area contributed by atoms with Crippen molar-refractivity contribution < 1.29 is 14.7 Å². The molecule has 0 radical (unpaired) electrons. The van der Waals surface area contributed by atoms with Crippen LogP contribution in [0.2, 0.25) is 0 Å². The van der Waals surface area contributed by atoms with Gasteiger partial charge in [-0.25, -0.2) is 5.43 Å². The molecule has 4 rings (SSSR count). The van der Waals surface area contributed by atoms with Gasteiger partial charge in [0.2, 0.25) is 0 Å². The van der Waals surface area contributed by atoms with Crippen molar-refractivity contribution in [3.05, 3.63) is 125 Å². The molecular formula is C33H32N6O3. The first-order chi connectivity index (χ1) is 20.2. The van der Waals surface area contributed by atoms with Gasteiger partial charge in [-0.05, 0) is 91.2 Å². The third-order valence-electron chi connectivity index (χ3n) is 6.40. The molecule has 0 aromatic heterocycles. The molecule has 0 aliphatic rings. The molecule has 0 aliphatic carbocycles. The first-order valence-electron chi connectivity index (χ1n) is 13.2. The maximum absolute atomic E-state index is 13.1. The van der Waals surface area contributed by atoms with Gasteiger partial charge >= 0.3 is 0 Å². The molecule has 2 amide bonds. The second-order valence-corrected chi connectivity index (χ2v) is 9.77. The summed E-state index contributed by atoms with van der Waals surface area (Å²) in [7, 11) is 3.87. The molecule has 0 saturated heterocycles. The fourth-order valence-electron chi connectivity index (χ4n) is 3.81. The van der Waals surface area contributed by atoms with Gasteiger partial charge in [-0.1, -0.05) is 36.4 Å². The summed E-state index contributed by atoms with van der Waals surface area (Å²) in [5.74, 6) is -1.13. The van der Waals surface area contributed by atoms with E-state index >= 15 is 0 Å². The van der Waals surface area contributed by atoms with E-state index in [9.17, 15) is 14.7 Å². The lowest BCUT2D eigenvalue weighted by atomic mass is 10.1. The number of carbonyl (C=O) groups is 2. The Hall–Kier alpha value is -5.57. The van der Waals surface area contributed by atoms with Gasteiger partial charge in [0.25, 0.3) is 11.8 Å². The summed E-state index contributed by atoms with van der Waals surface area (Å²) in [6.07, 6.45) is 2.86. The highest BCUT2D eigenvalue weighted by atomic mass is 16.3. The van der Waals surface area contributed by atoms with E-state index in [1.165, 1.54) is 17.8 Å². The van der Waals surface area contributed by atoms with Crippen LogP contribution in [0.5, 0.6) is 5.75 Å². The number of azo groups is 1. The topological polar surface area (TPSA) is 119 Å². The Bertz CT molecular complexity index is 1660. The molecule has 3 N–H and O–H groups in total. The van der Waals surface area contributed by atoms with Crippen molar-refractivity contribution in [1.29, 1.82) is 0 Å². The van der Waals surface area contributed by atoms with Crippen molar-refractivity contribution in [2.24, 2.45) is 15.3 Å². The highest BCUT2D eigenvalue weighted by Gasteiger charge is 2.14. The van der Waals surface area contributed by atoms with E-state index in [2.05, 4.69) is 26.1 Å². The summed E-state index contributed by atoms with van der Waals surface area (Å²) in [4.78, 5) is 27.9. The van der Waals surface area contributed by atoms with Crippen LogP contribution in [-0.4, -0.2) is 37.2 Å². The predicted molar refractivity (Wildman–Crippen MR) is 167 cm³/mol. The number of anilines is 1. The third-order valence-corrected chi connectivity index (χ3v) is 6.40. The van der Waals surface area contributed by atoms with Gasteiger partial charge in [0.1, 0.15) is 11.4 Å². The number of rotatable bonds is 9. The van der Waals surface area contributed by atoms with E-state index in [1.807, 2.05) is 75.3 Å². The Morgan fingerprint density at radius 1 is 0.810 bits per heavy atom. The fourth-order valence-corrected chi connectivity index (χ4v) is 3.81. The number of aromatic hydroxyl groups is 1. The number of benzene rings is 4. The maximum Gasteiger partial charge on any atom is 0.287 e. The summed E-state index contributed by atoms with van der Waals surface area (Å²) in [5, 5.41) is 25.5. The van der Waals surface area contributed by atoms with Crippen LogP contribution in [0, 0.1) is 13.8 Å². The first-order valence-corrected chi connectivity index (χ1v) is 13.2. The molecule has 42 heavy (non-hydrogen) atoms. The van der Waals surface area contributed by atoms with Crippen LogP contribution in [0.4, 0.5) is 17.1 Å². The van der Waals surface area contributed by atoms with Crippen molar-refractivity contribution in [2.75, 3.05) is 19.0 Å². The zero-order chi connectivity index (χ0) is 30.1. The third kappa shape index (κ3) is 7.98. The van der Waals surface area contributed by atoms with E-state index in [1.54, 1.807) is 48.5 Å². The van der Waals surface area contributed by atoms with E-state index in [0.717, 1.165) is 11.3 Å². The van der Waals surface area contributed by atoms with Crippen molar-refractivity contribution in [3.8, 4) is 5.75 Å². The van der Waals surface area contributed by atoms with Crippen molar-refractivity contribution in [1.82, 2.24) is 10.7 Å². The molecular weight excluding hydrogens is 528 g/mol. The fraction of sp³-hybridized carbons (Fsp3) is 0.121. The molecule has 0 bridgehead atoms. The Morgan fingerprint density at radius 3 is 2.14 bits per heavy atom. The van der Waals surface area contributed by atoms with E-state index in [-0.39, 0.29) is 11.4 Å². The van der Waals surface area contributed by atoms with Crippen LogP contribution in [-0.2, 0) is 4.79 Å². The summed E-state index contributed by atoms with van der Waals surface area (Å²) < 4.78 is 0. The van der Waals surface area contributed by atoms with E-state index in [4.69, 9.17) is 0 Å². The Labute approximate surface area is 244 Å². The minimum absolute atomic E-state index is 0.00114. The van der Waals surface area contributed by atoms with Crippen LogP contribution < -0.4 is 15.6 Å². The van der Waals surface area contributed by atoms with Crippen LogP contribution in [0.15, 0.2) is 112 Å². The lowest BCUT2D eigenvalue weighted by molar-refractivity contribution is -0.117. The molecule has 0 atom stereocenters. The minimum Gasteiger partial charge on any atom is -0.507 e. The van der Waals surface area contributed by atoms with Crippen molar-refractivity contribution >= 4 is 41.2 Å². The second-order valence-electron chi connectivity index (χ2n) is 9.77. The van der Waals surface area contributed by atoms with Crippen molar-refractivity contribution in [3.63, 3.8) is 0 Å². The van der Waals surface area contributed by atoms with Gasteiger partial charge in [0, 0.05) is 30.9 Å². The Kier molecular flexibility index (Phi) is 9.57. The number of hydrogen-bond acceptors (Lipinski definition) is 7. The standard InChI is InChI=1S/C33H32N6O3/c1-22-10-13-27(18-23(22)2)36-37-28-14-17-31(40)26(20-28)21-34-38-33(42)30(35-32(41)25-8-6-5-7-9-25)19-24-11-15-29(16-12-24)39(3)4/h5-21,40H,1-4H3,(H,35,41)(H,38,42). The molecule has 0 aliphatic heterocycles. The van der Waals surface area contributed by atoms with Gasteiger partial charge in [-0.2, -0.15) is 15.3 Å². The number of amides is 2. The highest BCUT2D eigenvalue weighted by molar-refractivity contribution is 6.05. The number of nitrogens with zero attached hydrogens (tertiary/aromatic N) is 4. The van der Waals surface area contributed by atoms with Crippen LogP contribution in [0.1, 0.15) is 32.6 Å². The summed E-state index contributed by atoms with van der Waals surface area (Å²) in [5.41, 5.74) is 8.34. The Balaban J connectivity index is 1.52. The molecule has 0 saturated carbocycles. The van der Waals surface area contributed by atoms with Gasteiger partial charge < -0.3 is 15.3 Å². The zero-order valence-corrected chi connectivity index (χ0v) is 23.9. The Morgan fingerprint density at radius 2 is 1.48 bits per heavy atom. The smallest absolute Gasteiger partial charge is 0.287 e. The molecule has 0 fully saturated rings. The number of aryl methyl sites for hydroxylation is 2. The largest absolute Gasteiger partial charge is 0.507 e. The summed E-state index contributed by atoms with van der Waals surface area (Å²) in [6.45, 7) is 4.03. The number of carbonyl (C=O) groups excluding carboxylic acids is 2. The predicted octanol–water partition coefficient (Wildman–Crippen LogP) is 6.41. The molecule has 4 aromatic carbocycles. The summed E-state index contributed by atoms with van der Waals surface area (Å²) >= 11 is 0. The lowest BCUT2D eigenvalue weighted by Crippen LogP contribution is -2.32. The second kappa shape index (κ2) is 13.7. The molecule has 0 heterocycles. The highest BCUT2D eigenvalue weighted by Crippen LogP contribution is 2.25. The van der Waals surface area contributed by atoms with Gasteiger partial charge in [-0.15, -0.1) is 0 Å². The molecule has 4 aromatic rings. The van der Waals surface area contributed by atoms with Crippen LogP contribution in [0.25, 0.3) is 6.08 Å². The monoisotopic (exact) mass is 560 g/mol. The van der Waals surface area contributed by atoms with Crippen LogP contribution in [0.3, 0.4) is 0 Å². The molecule has 0 unspecified atom stereocenters. The number of nitrogens with one attached hydrogen (secondary N) is 2.